The Hall–Kier alpha value is -0.940. The molecule has 0 radical (unpaired) electrons. The minimum atomic E-state index is -4.64. The van der Waals surface area contributed by atoms with Gasteiger partial charge in [0.15, 0.2) is 0 Å². The highest BCUT2D eigenvalue weighted by atomic mass is 31.2. The maximum atomic E-state index is 8.88. The lowest BCUT2D eigenvalue weighted by Gasteiger charge is -1.96. The number of aromatic nitrogens is 2. The van der Waals surface area contributed by atoms with E-state index in [9.17, 15) is 0 Å². The summed E-state index contributed by atoms with van der Waals surface area (Å²) in [6, 6.07) is 0. The largest absolute Gasteiger partial charge is 0.466 e. The third-order valence-corrected chi connectivity index (χ3v) is 1.11. The van der Waals surface area contributed by atoms with Gasteiger partial charge < -0.3 is 39.8 Å². The predicted molar refractivity (Wildman–Crippen MR) is 66.0 cm³/mol. The number of aliphatic hydroxyl groups is 1. The van der Waals surface area contributed by atoms with Gasteiger partial charge in [-0.15, -0.1) is 0 Å². The van der Waals surface area contributed by atoms with Gasteiger partial charge >= 0.3 is 15.6 Å². The summed E-state index contributed by atoms with van der Waals surface area (Å²) in [5, 5.41) is 11.4. The van der Waals surface area contributed by atoms with Crippen LogP contribution < -0.4 is 5.32 Å². The van der Waals surface area contributed by atoms with Crippen molar-refractivity contribution >= 4 is 21.6 Å². The van der Waals surface area contributed by atoms with E-state index in [1.807, 2.05) is 0 Å². The lowest BCUT2D eigenvalue weighted by molar-refractivity contribution is 0.272. The first kappa shape index (κ1) is 21.4. The molecule has 0 unspecified atom stereocenters. The zero-order chi connectivity index (χ0) is 16.4. The average molecular weight is 335 g/mol. The monoisotopic (exact) mass is 335 g/mol. The van der Waals surface area contributed by atoms with Gasteiger partial charge in [-0.3, -0.25) is 0 Å². The van der Waals surface area contributed by atoms with E-state index in [4.69, 9.17) is 43.6 Å². The van der Waals surface area contributed by atoms with E-state index in [2.05, 4.69) is 15.3 Å². The van der Waals surface area contributed by atoms with Crippen LogP contribution in [-0.2, 0) is 15.7 Å². The Bertz CT molecular complexity index is 396. The molecule has 0 aliphatic rings. The molecular weight excluding hydrogens is 320 g/mol. The molecule has 0 aliphatic heterocycles. The first-order chi connectivity index (χ1) is 8.86. The molecule has 8 N–H and O–H groups in total. The highest BCUT2D eigenvalue weighted by Crippen LogP contribution is 2.26. The Morgan fingerprint density at radius 3 is 1.50 bits per heavy atom. The molecule has 1 rings (SSSR count). The number of hydrogen-bond donors (Lipinski definition) is 8. The van der Waals surface area contributed by atoms with Crippen molar-refractivity contribution in [2.75, 3.05) is 12.4 Å². The Labute approximate surface area is 113 Å². The number of nitrogens with zero attached hydrogens (tertiary/aromatic N) is 2. The molecule has 118 valence electrons. The van der Waals surface area contributed by atoms with Crippen LogP contribution >= 0.6 is 15.6 Å². The Morgan fingerprint density at radius 2 is 1.30 bits per heavy atom. The van der Waals surface area contributed by atoms with E-state index in [1.165, 1.54) is 0 Å². The van der Waals surface area contributed by atoms with Gasteiger partial charge in [-0.05, 0) is 0 Å². The van der Waals surface area contributed by atoms with Crippen molar-refractivity contribution in [1.82, 2.24) is 9.97 Å². The first-order valence-corrected chi connectivity index (χ1v) is 7.66. The average Bonchev–Trinajstić information content (AvgIpc) is 2.25. The van der Waals surface area contributed by atoms with Gasteiger partial charge in [-0.2, -0.15) is 0 Å². The van der Waals surface area contributed by atoms with Crippen LogP contribution in [0.3, 0.4) is 0 Å². The van der Waals surface area contributed by atoms with Crippen molar-refractivity contribution in [2.45, 2.75) is 6.61 Å². The third-order valence-electron chi connectivity index (χ3n) is 1.11. The topological polar surface area (TPSA) is 214 Å². The molecule has 14 heteroatoms. The highest BCUT2D eigenvalue weighted by molar-refractivity contribution is 7.45. The second-order valence-corrected chi connectivity index (χ2v) is 4.90. The van der Waals surface area contributed by atoms with Crippen LogP contribution in [0.15, 0.2) is 12.4 Å². The number of phosphoric acid groups is 2. The molecule has 0 saturated carbocycles. The molecule has 0 aromatic carbocycles. The number of anilines is 1. The molecule has 0 spiro atoms. The van der Waals surface area contributed by atoms with Gasteiger partial charge in [-0.25, -0.2) is 19.1 Å². The summed E-state index contributed by atoms with van der Waals surface area (Å²) in [7, 11) is -7.53. The summed E-state index contributed by atoms with van der Waals surface area (Å²) >= 11 is 0. The van der Waals surface area contributed by atoms with Crippen LogP contribution in [0.1, 0.15) is 5.56 Å². The quantitative estimate of drug-likeness (QED) is 0.280. The molecule has 0 aliphatic carbocycles. The van der Waals surface area contributed by atoms with E-state index < -0.39 is 15.6 Å². The van der Waals surface area contributed by atoms with Crippen LogP contribution in [0.4, 0.5) is 5.95 Å². The molecule has 1 aromatic rings. The number of rotatable bonds is 2. The molecule has 0 bridgehead atoms. The van der Waals surface area contributed by atoms with E-state index in [0.29, 0.717) is 5.95 Å². The minimum absolute atomic E-state index is 0.00993. The highest BCUT2D eigenvalue weighted by Gasteiger charge is 2.00. The summed E-state index contributed by atoms with van der Waals surface area (Å²) in [5.74, 6) is 0.567. The van der Waals surface area contributed by atoms with Gasteiger partial charge in [0, 0.05) is 25.0 Å². The number of hydrogen-bond acceptors (Lipinski definition) is 6. The van der Waals surface area contributed by atoms with Crippen LogP contribution in [0.5, 0.6) is 0 Å². The predicted octanol–water partition coefficient (Wildman–Crippen LogP) is -1.85. The van der Waals surface area contributed by atoms with Crippen molar-refractivity contribution in [1.29, 1.82) is 0 Å². The minimum Gasteiger partial charge on any atom is -0.392 e. The summed E-state index contributed by atoms with van der Waals surface area (Å²) in [4.78, 5) is 50.9. The van der Waals surface area contributed by atoms with Gasteiger partial charge in [-0.1, -0.05) is 0 Å². The van der Waals surface area contributed by atoms with Crippen LogP contribution in [0.2, 0.25) is 0 Å². The molecule has 20 heavy (non-hydrogen) atoms. The maximum absolute atomic E-state index is 8.88. The SMILES string of the molecule is CNc1ncc(CO)cn1.O=P(O)(O)O.O=P(O)(O)O. The fraction of sp³-hybridized carbons (Fsp3) is 0.333. The van der Waals surface area contributed by atoms with Crippen LogP contribution in [-0.4, -0.2) is 51.5 Å². The number of nitrogens with one attached hydrogen (secondary N) is 1. The van der Waals surface area contributed by atoms with E-state index in [1.54, 1.807) is 19.4 Å². The second-order valence-electron chi connectivity index (χ2n) is 2.85. The Morgan fingerprint density at radius 1 is 1.00 bits per heavy atom. The van der Waals surface area contributed by atoms with Gasteiger partial charge in [0.25, 0.3) is 0 Å². The van der Waals surface area contributed by atoms with Gasteiger partial charge in [0.1, 0.15) is 0 Å². The van der Waals surface area contributed by atoms with Crippen molar-refractivity contribution in [3.63, 3.8) is 0 Å². The molecule has 0 saturated heterocycles. The van der Waals surface area contributed by atoms with Crippen molar-refractivity contribution in [3.8, 4) is 0 Å². The summed E-state index contributed by atoms with van der Waals surface area (Å²) in [6.45, 7) is -0.00993. The fourth-order valence-corrected chi connectivity index (χ4v) is 0.566. The van der Waals surface area contributed by atoms with Crippen molar-refractivity contribution < 1.29 is 43.6 Å². The molecular formula is C6H15N3O9P2. The second kappa shape index (κ2) is 9.88. The molecule has 0 atom stereocenters. The maximum Gasteiger partial charge on any atom is 0.466 e. The molecule has 1 heterocycles. The zero-order valence-corrected chi connectivity index (χ0v) is 11.9. The van der Waals surface area contributed by atoms with Crippen molar-refractivity contribution in [3.05, 3.63) is 18.0 Å². The molecule has 0 fully saturated rings. The normalized spacial score (nSPS) is 10.6. The van der Waals surface area contributed by atoms with E-state index in [-0.39, 0.29) is 6.61 Å². The molecule has 0 amide bonds. The Balaban J connectivity index is 0. The Kier molecular flexibility index (Phi) is 10.6. The smallest absolute Gasteiger partial charge is 0.392 e. The lowest BCUT2D eigenvalue weighted by atomic mass is 10.4. The number of aliphatic hydroxyl groups excluding tert-OH is 1. The van der Waals surface area contributed by atoms with E-state index >= 15 is 0 Å². The zero-order valence-electron chi connectivity index (χ0n) is 10.1. The summed E-state index contributed by atoms with van der Waals surface area (Å²) in [5.41, 5.74) is 0.721. The third kappa shape index (κ3) is 25.8. The molecule has 1 aromatic heterocycles. The van der Waals surface area contributed by atoms with E-state index in [0.717, 1.165) is 5.56 Å². The van der Waals surface area contributed by atoms with Crippen LogP contribution in [0, 0.1) is 0 Å². The fourth-order valence-electron chi connectivity index (χ4n) is 0.566. The van der Waals surface area contributed by atoms with Gasteiger partial charge in [0.2, 0.25) is 5.95 Å². The summed E-state index contributed by atoms with van der Waals surface area (Å²) in [6.07, 6.45) is 3.16. The summed E-state index contributed by atoms with van der Waals surface area (Å²) < 4.78 is 17.8. The van der Waals surface area contributed by atoms with Crippen LogP contribution in [0.25, 0.3) is 0 Å². The van der Waals surface area contributed by atoms with Crippen molar-refractivity contribution in [2.24, 2.45) is 0 Å². The standard InChI is InChI=1S/C6H9N3O.2H3O4P/c1-7-6-8-2-5(4-10)3-9-6;2*1-5(2,3)4/h2-3,10H,4H2,1H3,(H,7,8,9);2*(H3,1,2,3,4). The first-order valence-electron chi connectivity index (χ1n) is 4.53. The molecule has 12 nitrogen and oxygen atoms in total. The lowest BCUT2D eigenvalue weighted by Crippen LogP contribution is -1.96. The van der Waals surface area contributed by atoms with Gasteiger partial charge in [0.05, 0.1) is 6.61 Å².